The number of rotatable bonds is 10. The van der Waals surface area contributed by atoms with E-state index >= 15 is 0 Å². The molecular weight excluding hydrogens is 345 g/mol. The second kappa shape index (κ2) is 10.1. The normalized spacial score (nSPS) is 11.0. The second-order valence-corrected chi connectivity index (χ2v) is 7.30. The van der Waals surface area contributed by atoms with Crippen molar-refractivity contribution in [1.82, 2.24) is 15.1 Å². The molecule has 0 spiro atoms. The molecule has 0 radical (unpaired) electrons. The molecule has 1 aromatic heterocycles. The summed E-state index contributed by atoms with van der Waals surface area (Å²) in [7, 11) is 1.71. The Morgan fingerprint density at radius 2 is 2.07 bits per heavy atom. The van der Waals surface area contributed by atoms with Gasteiger partial charge in [0, 0.05) is 19.2 Å². The van der Waals surface area contributed by atoms with Crippen molar-refractivity contribution in [2.45, 2.75) is 53.0 Å². The number of aryl methyl sites for hydroxylation is 2. The second-order valence-electron chi connectivity index (χ2n) is 7.30. The van der Waals surface area contributed by atoms with E-state index in [1.165, 1.54) is 17.5 Å². The van der Waals surface area contributed by atoms with Crippen molar-refractivity contribution >= 4 is 5.91 Å². The highest BCUT2D eigenvalue weighted by Crippen LogP contribution is 2.21. The molecule has 1 aromatic carbocycles. The van der Waals surface area contributed by atoms with E-state index in [-0.39, 0.29) is 18.2 Å². The number of carbonyl (C=O) groups is 1. The van der Waals surface area contributed by atoms with Crippen molar-refractivity contribution in [2.75, 3.05) is 6.61 Å². The van der Waals surface area contributed by atoms with Crippen LogP contribution in [0.5, 0.6) is 5.75 Å². The van der Waals surface area contributed by atoms with Crippen molar-refractivity contribution < 1.29 is 13.9 Å². The minimum Gasteiger partial charge on any atom is -0.491 e. The Hall–Kier alpha value is -2.37. The Morgan fingerprint density at radius 1 is 1.30 bits per heavy atom. The average Bonchev–Trinajstić information content (AvgIpc) is 2.96. The van der Waals surface area contributed by atoms with Crippen LogP contribution in [-0.4, -0.2) is 22.3 Å². The van der Waals surface area contributed by atoms with Crippen LogP contribution in [0.15, 0.2) is 24.3 Å². The number of hydrogen-bond donors (Lipinski definition) is 1. The largest absolute Gasteiger partial charge is 0.491 e. The number of carbonyl (C=O) groups excluding carboxylic acids is 1. The summed E-state index contributed by atoms with van der Waals surface area (Å²) >= 11 is 0. The molecule has 0 atom stereocenters. The van der Waals surface area contributed by atoms with Gasteiger partial charge >= 0.3 is 0 Å². The zero-order chi connectivity index (χ0) is 19.8. The van der Waals surface area contributed by atoms with Gasteiger partial charge in [-0.2, -0.15) is 5.10 Å². The maximum absolute atomic E-state index is 14.6. The van der Waals surface area contributed by atoms with E-state index in [4.69, 9.17) is 4.74 Å². The number of benzene rings is 1. The first-order valence-corrected chi connectivity index (χ1v) is 9.57. The molecule has 5 nitrogen and oxygen atoms in total. The molecular formula is C21H30FN3O2. The van der Waals surface area contributed by atoms with Crippen LogP contribution in [0.1, 0.15) is 61.3 Å². The van der Waals surface area contributed by atoms with E-state index in [0.717, 1.165) is 18.5 Å². The van der Waals surface area contributed by atoms with E-state index < -0.39 is 5.82 Å². The van der Waals surface area contributed by atoms with Gasteiger partial charge in [-0.3, -0.25) is 9.48 Å². The molecule has 6 heteroatoms. The summed E-state index contributed by atoms with van der Waals surface area (Å²) in [6.45, 7) is 6.84. The Balaban J connectivity index is 1.85. The molecule has 1 heterocycles. The third-order valence-electron chi connectivity index (χ3n) is 4.40. The first kappa shape index (κ1) is 20.9. The van der Waals surface area contributed by atoms with Crippen LogP contribution in [0, 0.1) is 18.7 Å². The molecule has 0 saturated carbocycles. The van der Waals surface area contributed by atoms with Gasteiger partial charge in [-0.25, -0.2) is 4.39 Å². The molecule has 2 rings (SSSR count). The van der Waals surface area contributed by atoms with Gasteiger partial charge in [0.25, 0.3) is 5.91 Å². The SMILES string of the molecule is Cc1cc(C(=O)NCc2cccc(OCCCCCC(C)C)c2F)n(C)n1. The lowest BCUT2D eigenvalue weighted by Crippen LogP contribution is -2.25. The predicted octanol–water partition coefficient (Wildman–Crippen LogP) is 4.39. The fourth-order valence-electron chi connectivity index (χ4n) is 2.91. The van der Waals surface area contributed by atoms with Gasteiger partial charge in [0.1, 0.15) is 5.69 Å². The third kappa shape index (κ3) is 6.38. The summed E-state index contributed by atoms with van der Waals surface area (Å²) in [4.78, 5) is 12.2. The summed E-state index contributed by atoms with van der Waals surface area (Å²) in [6.07, 6.45) is 4.37. The van der Waals surface area contributed by atoms with Gasteiger partial charge in [0.05, 0.1) is 12.3 Å². The molecule has 27 heavy (non-hydrogen) atoms. The molecule has 2 aromatic rings. The molecule has 0 aliphatic carbocycles. The smallest absolute Gasteiger partial charge is 0.269 e. The summed E-state index contributed by atoms with van der Waals surface area (Å²) in [5, 5.41) is 6.88. The van der Waals surface area contributed by atoms with Crippen LogP contribution in [-0.2, 0) is 13.6 Å². The minimum absolute atomic E-state index is 0.0977. The first-order valence-electron chi connectivity index (χ1n) is 9.57. The highest BCUT2D eigenvalue weighted by molar-refractivity contribution is 5.92. The summed E-state index contributed by atoms with van der Waals surface area (Å²) in [5.74, 6) is 0.252. The Bertz CT molecular complexity index is 756. The van der Waals surface area contributed by atoms with Crippen molar-refractivity contribution in [1.29, 1.82) is 0 Å². The Morgan fingerprint density at radius 3 is 2.74 bits per heavy atom. The molecule has 148 valence electrons. The first-order chi connectivity index (χ1) is 12.9. The van der Waals surface area contributed by atoms with E-state index in [9.17, 15) is 9.18 Å². The van der Waals surface area contributed by atoms with Gasteiger partial charge in [0.15, 0.2) is 11.6 Å². The fourth-order valence-corrected chi connectivity index (χ4v) is 2.91. The van der Waals surface area contributed by atoms with Crippen molar-refractivity contribution in [3.8, 4) is 5.75 Å². The number of aromatic nitrogens is 2. The quantitative estimate of drug-likeness (QED) is 0.627. The summed E-state index contributed by atoms with van der Waals surface area (Å²) < 4.78 is 21.7. The zero-order valence-corrected chi connectivity index (χ0v) is 16.7. The molecule has 0 aliphatic heterocycles. The minimum atomic E-state index is -0.416. The lowest BCUT2D eigenvalue weighted by Gasteiger charge is -2.11. The lowest BCUT2D eigenvalue weighted by atomic mass is 10.1. The van der Waals surface area contributed by atoms with Gasteiger partial charge in [-0.1, -0.05) is 45.2 Å². The maximum Gasteiger partial charge on any atom is 0.269 e. The standard InChI is InChI=1S/C21H30FN3O2/c1-15(2)9-6-5-7-12-27-19-11-8-10-17(20(19)22)14-23-21(26)18-13-16(3)24-25(18)4/h8,10-11,13,15H,5-7,9,12,14H2,1-4H3,(H,23,26). The van der Waals surface area contributed by atoms with Crippen molar-refractivity contribution in [3.63, 3.8) is 0 Å². The molecule has 0 aliphatic rings. The monoisotopic (exact) mass is 375 g/mol. The van der Waals surface area contributed by atoms with E-state index in [1.807, 2.05) is 6.92 Å². The van der Waals surface area contributed by atoms with Crippen LogP contribution in [0.25, 0.3) is 0 Å². The predicted molar refractivity (Wildman–Crippen MR) is 104 cm³/mol. The van der Waals surface area contributed by atoms with Gasteiger partial charge in [-0.15, -0.1) is 0 Å². The third-order valence-corrected chi connectivity index (χ3v) is 4.40. The van der Waals surface area contributed by atoms with Crippen molar-refractivity contribution in [2.24, 2.45) is 13.0 Å². The highest BCUT2D eigenvalue weighted by Gasteiger charge is 2.14. The van der Waals surface area contributed by atoms with Crippen LogP contribution < -0.4 is 10.1 Å². The van der Waals surface area contributed by atoms with Gasteiger partial charge in [0.2, 0.25) is 0 Å². The molecule has 1 amide bonds. The van der Waals surface area contributed by atoms with Crippen LogP contribution in [0.4, 0.5) is 4.39 Å². The number of nitrogens with zero attached hydrogens (tertiary/aromatic N) is 2. The van der Waals surface area contributed by atoms with E-state index in [1.54, 1.807) is 31.3 Å². The van der Waals surface area contributed by atoms with Crippen LogP contribution in [0.2, 0.25) is 0 Å². The van der Waals surface area contributed by atoms with Crippen LogP contribution >= 0.6 is 0 Å². The van der Waals surface area contributed by atoms with E-state index in [2.05, 4.69) is 24.3 Å². The fraction of sp³-hybridized carbons (Fsp3) is 0.524. The summed E-state index contributed by atoms with van der Waals surface area (Å²) in [6, 6.07) is 6.72. The maximum atomic E-state index is 14.6. The Labute approximate surface area is 160 Å². The topological polar surface area (TPSA) is 56.1 Å². The van der Waals surface area contributed by atoms with Crippen LogP contribution in [0.3, 0.4) is 0 Å². The summed E-state index contributed by atoms with van der Waals surface area (Å²) in [5.41, 5.74) is 1.61. The van der Waals surface area contributed by atoms with Gasteiger partial charge < -0.3 is 10.1 Å². The molecule has 0 unspecified atom stereocenters. The Kier molecular flexibility index (Phi) is 7.82. The zero-order valence-electron chi connectivity index (χ0n) is 16.7. The molecule has 0 fully saturated rings. The number of halogens is 1. The number of ether oxygens (including phenoxy) is 1. The number of nitrogens with one attached hydrogen (secondary N) is 1. The number of amides is 1. The molecule has 0 saturated heterocycles. The number of unbranched alkanes of at least 4 members (excludes halogenated alkanes) is 2. The average molecular weight is 375 g/mol. The highest BCUT2D eigenvalue weighted by atomic mass is 19.1. The van der Waals surface area contributed by atoms with E-state index in [0.29, 0.717) is 23.8 Å². The van der Waals surface area contributed by atoms with Crippen molar-refractivity contribution in [3.05, 3.63) is 47.0 Å². The molecule has 1 N–H and O–H groups in total. The number of hydrogen-bond acceptors (Lipinski definition) is 3. The lowest BCUT2D eigenvalue weighted by molar-refractivity contribution is 0.0941. The molecule has 0 bridgehead atoms. The van der Waals surface area contributed by atoms with Gasteiger partial charge in [-0.05, 0) is 31.4 Å².